The fourth-order valence-corrected chi connectivity index (χ4v) is 1.85. The number of amides is 1. The van der Waals surface area contributed by atoms with Crippen molar-refractivity contribution in [1.82, 2.24) is 5.32 Å². The molecule has 0 spiro atoms. The maximum absolute atomic E-state index is 12.0. The number of rotatable bonds is 2. The van der Waals surface area contributed by atoms with Gasteiger partial charge in [0.1, 0.15) is 6.61 Å². The highest BCUT2D eigenvalue weighted by Gasteiger charge is 2.20. The molecule has 0 atom stereocenters. The van der Waals surface area contributed by atoms with Gasteiger partial charge < -0.3 is 10.4 Å². The van der Waals surface area contributed by atoms with E-state index in [1.54, 1.807) is 6.07 Å². The van der Waals surface area contributed by atoms with Crippen LogP contribution in [0.5, 0.6) is 0 Å². The highest BCUT2D eigenvalue weighted by atomic mass is 16.2. The van der Waals surface area contributed by atoms with Gasteiger partial charge in [0.15, 0.2) is 0 Å². The van der Waals surface area contributed by atoms with Gasteiger partial charge in [0.25, 0.3) is 5.91 Å². The highest BCUT2D eigenvalue weighted by molar-refractivity contribution is 5.94. The first-order valence-electron chi connectivity index (χ1n) is 6.22. The third-order valence-corrected chi connectivity index (χ3v) is 3.24. The van der Waals surface area contributed by atoms with Crippen molar-refractivity contribution in [3.05, 3.63) is 34.9 Å². The van der Waals surface area contributed by atoms with E-state index in [-0.39, 0.29) is 12.5 Å². The molecule has 1 saturated carbocycles. The van der Waals surface area contributed by atoms with Gasteiger partial charge in [-0.25, -0.2) is 0 Å². The molecule has 0 bridgehead atoms. The first-order chi connectivity index (χ1) is 8.70. The summed E-state index contributed by atoms with van der Waals surface area (Å²) in [6, 6.07) is 5.82. The Balaban J connectivity index is 2.14. The Hall–Kier alpha value is -1.79. The molecule has 18 heavy (non-hydrogen) atoms. The minimum atomic E-state index is -0.169. The van der Waals surface area contributed by atoms with E-state index in [2.05, 4.69) is 17.2 Å². The Morgan fingerprint density at radius 3 is 2.89 bits per heavy atom. The summed E-state index contributed by atoms with van der Waals surface area (Å²) in [6.07, 6.45) is 3.36. The van der Waals surface area contributed by atoms with Gasteiger partial charge in [-0.3, -0.25) is 4.79 Å². The van der Waals surface area contributed by atoms with Gasteiger partial charge in [-0.15, -0.1) is 0 Å². The zero-order chi connectivity index (χ0) is 13.0. The third-order valence-electron chi connectivity index (χ3n) is 3.24. The summed E-state index contributed by atoms with van der Waals surface area (Å²) in [7, 11) is 0. The summed E-state index contributed by atoms with van der Waals surface area (Å²) in [4.78, 5) is 12.0. The quantitative estimate of drug-likeness (QED) is 0.775. The van der Waals surface area contributed by atoms with E-state index in [0.717, 1.165) is 24.0 Å². The fraction of sp³-hybridized carbons (Fsp3) is 0.400. The highest BCUT2D eigenvalue weighted by Crippen LogP contribution is 2.19. The standard InChI is InChI=1S/C15H17NO2/c1-11-7-8-13(10-12(11)4-3-9-17)15(18)16-14-5-2-6-14/h7-8,10,14,17H,2,5-6,9H2,1H3,(H,16,18). The van der Waals surface area contributed by atoms with Crippen LogP contribution in [0.4, 0.5) is 0 Å². The molecule has 3 nitrogen and oxygen atoms in total. The van der Waals surface area contributed by atoms with Crippen LogP contribution in [0.15, 0.2) is 18.2 Å². The van der Waals surface area contributed by atoms with Crippen molar-refractivity contribution in [2.24, 2.45) is 0 Å². The van der Waals surface area contributed by atoms with Gasteiger partial charge in [-0.05, 0) is 43.9 Å². The average Bonchev–Trinajstić information content (AvgIpc) is 2.32. The predicted octanol–water partition coefficient (Wildman–Crippen LogP) is 1.62. The van der Waals surface area contributed by atoms with Gasteiger partial charge >= 0.3 is 0 Å². The van der Waals surface area contributed by atoms with Crippen LogP contribution in [-0.2, 0) is 0 Å². The molecule has 0 aromatic heterocycles. The SMILES string of the molecule is Cc1ccc(C(=O)NC2CCC2)cc1C#CCO. The van der Waals surface area contributed by atoms with Crippen LogP contribution in [0.25, 0.3) is 0 Å². The molecule has 1 aromatic rings. The zero-order valence-electron chi connectivity index (χ0n) is 10.5. The fourth-order valence-electron chi connectivity index (χ4n) is 1.85. The molecule has 0 heterocycles. The van der Waals surface area contributed by atoms with Gasteiger partial charge in [0.05, 0.1) is 0 Å². The molecular formula is C15H17NO2. The Morgan fingerprint density at radius 2 is 2.28 bits per heavy atom. The molecular weight excluding hydrogens is 226 g/mol. The second-order valence-electron chi connectivity index (χ2n) is 4.59. The third kappa shape index (κ3) is 2.91. The molecule has 2 rings (SSSR count). The van der Waals surface area contributed by atoms with Gasteiger partial charge in [0.2, 0.25) is 0 Å². The maximum Gasteiger partial charge on any atom is 0.251 e. The second kappa shape index (κ2) is 5.70. The molecule has 2 N–H and O–H groups in total. The van der Waals surface area contributed by atoms with Gasteiger partial charge in [-0.1, -0.05) is 17.9 Å². The van der Waals surface area contributed by atoms with Crippen molar-refractivity contribution < 1.29 is 9.90 Å². The van der Waals surface area contributed by atoms with Gasteiger partial charge in [0, 0.05) is 17.2 Å². The molecule has 0 saturated heterocycles. The van der Waals surface area contributed by atoms with Crippen molar-refractivity contribution in [3.63, 3.8) is 0 Å². The number of carbonyl (C=O) groups is 1. The van der Waals surface area contributed by atoms with Crippen molar-refractivity contribution >= 4 is 5.91 Å². The lowest BCUT2D eigenvalue weighted by molar-refractivity contribution is 0.0917. The molecule has 0 radical (unpaired) electrons. The Labute approximate surface area is 107 Å². The van der Waals surface area contributed by atoms with E-state index in [0.29, 0.717) is 11.6 Å². The molecule has 94 valence electrons. The molecule has 1 amide bonds. The molecule has 0 aliphatic heterocycles. The monoisotopic (exact) mass is 243 g/mol. The minimum absolute atomic E-state index is 0.0354. The summed E-state index contributed by atoms with van der Waals surface area (Å²) < 4.78 is 0. The summed E-state index contributed by atoms with van der Waals surface area (Å²) in [5.41, 5.74) is 2.44. The van der Waals surface area contributed by atoms with E-state index >= 15 is 0 Å². The van der Waals surface area contributed by atoms with Crippen LogP contribution in [0.1, 0.15) is 40.7 Å². The number of benzene rings is 1. The Kier molecular flexibility index (Phi) is 4.01. The number of hydrogen-bond acceptors (Lipinski definition) is 2. The number of aryl methyl sites for hydroxylation is 1. The van der Waals surface area contributed by atoms with E-state index in [1.807, 2.05) is 19.1 Å². The first kappa shape index (κ1) is 12.7. The lowest BCUT2D eigenvalue weighted by atomic mass is 9.93. The lowest BCUT2D eigenvalue weighted by Gasteiger charge is -2.26. The molecule has 0 unspecified atom stereocenters. The molecule has 1 aliphatic carbocycles. The smallest absolute Gasteiger partial charge is 0.251 e. The van der Waals surface area contributed by atoms with Crippen LogP contribution < -0.4 is 5.32 Å². The normalized spacial score (nSPS) is 14.3. The van der Waals surface area contributed by atoms with Crippen molar-refractivity contribution in [2.75, 3.05) is 6.61 Å². The minimum Gasteiger partial charge on any atom is -0.384 e. The lowest BCUT2D eigenvalue weighted by Crippen LogP contribution is -2.39. The van der Waals surface area contributed by atoms with E-state index < -0.39 is 0 Å². The van der Waals surface area contributed by atoms with Crippen LogP contribution >= 0.6 is 0 Å². The van der Waals surface area contributed by atoms with E-state index in [4.69, 9.17) is 5.11 Å². The van der Waals surface area contributed by atoms with Crippen molar-refractivity contribution in [2.45, 2.75) is 32.2 Å². The Morgan fingerprint density at radius 1 is 1.50 bits per heavy atom. The summed E-state index contributed by atoms with van der Waals surface area (Å²) in [5, 5.41) is 11.7. The predicted molar refractivity (Wildman–Crippen MR) is 70.2 cm³/mol. The topological polar surface area (TPSA) is 49.3 Å². The van der Waals surface area contributed by atoms with Crippen LogP contribution in [0.2, 0.25) is 0 Å². The van der Waals surface area contributed by atoms with Crippen LogP contribution in [-0.4, -0.2) is 23.7 Å². The summed E-state index contributed by atoms with van der Waals surface area (Å²) in [6.45, 7) is 1.77. The summed E-state index contributed by atoms with van der Waals surface area (Å²) in [5.74, 6) is 5.43. The number of carbonyl (C=O) groups excluding carboxylic acids is 1. The number of hydrogen-bond donors (Lipinski definition) is 2. The van der Waals surface area contributed by atoms with Crippen LogP contribution in [0.3, 0.4) is 0 Å². The molecule has 1 fully saturated rings. The molecule has 1 aromatic carbocycles. The maximum atomic E-state index is 12.0. The van der Waals surface area contributed by atoms with Crippen molar-refractivity contribution in [3.8, 4) is 11.8 Å². The second-order valence-corrected chi connectivity index (χ2v) is 4.59. The van der Waals surface area contributed by atoms with Crippen molar-refractivity contribution in [1.29, 1.82) is 0 Å². The van der Waals surface area contributed by atoms with Crippen LogP contribution in [0, 0.1) is 18.8 Å². The van der Waals surface area contributed by atoms with E-state index in [1.165, 1.54) is 6.42 Å². The van der Waals surface area contributed by atoms with E-state index in [9.17, 15) is 4.79 Å². The summed E-state index contributed by atoms with van der Waals surface area (Å²) >= 11 is 0. The number of nitrogens with one attached hydrogen (secondary N) is 1. The number of aliphatic hydroxyl groups excluding tert-OH is 1. The zero-order valence-corrected chi connectivity index (χ0v) is 10.5. The Bertz CT molecular complexity index is 507. The average molecular weight is 243 g/mol. The first-order valence-corrected chi connectivity index (χ1v) is 6.22. The largest absolute Gasteiger partial charge is 0.384 e. The van der Waals surface area contributed by atoms with Gasteiger partial charge in [-0.2, -0.15) is 0 Å². The number of aliphatic hydroxyl groups is 1. The molecule has 1 aliphatic rings. The molecule has 3 heteroatoms.